The van der Waals surface area contributed by atoms with Gasteiger partial charge in [-0.25, -0.2) is 0 Å². The summed E-state index contributed by atoms with van der Waals surface area (Å²) in [5, 5.41) is 31.9. The van der Waals surface area contributed by atoms with E-state index >= 15 is 0 Å². The molecule has 5 nitrogen and oxygen atoms in total. The number of carboxylic acid groups (broad SMARTS) is 1. The van der Waals surface area contributed by atoms with Crippen molar-refractivity contribution in [3.63, 3.8) is 0 Å². The number of aliphatic hydroxyl groups is 1. The fraction of sp³-hybridized carbons (Fsp3) is 0.240. The molecular weight excluding hydrogens is 380 g/mol. The topological polar surface area (TPSA) is 90.9 Å². The van der Waals surface area contributed by atoms with Crippen LogP contribution >= 0.6 is 0 Å². The average molecular weight is 404 g/mol. The average Bonchev–Trinajstić information content (AvgIpc) is 3.11. The molecule has 1 heterocycles. The van der Waals surface area contributed by atoms with Crippen LogP contribution in [0.3, 0.4) is 0 Å². The number of aromatic hydroxyl groups is 1. The second-order valence-corrected chi connectivity index (χ2v) is 7.54. The smallest absolute Gasteiger partial charge is 0.303 e. The van der Waals surface area contributed by atoms with Gasteiger partial charge in [-0.1, -0.05) is 42.5 Å². The third-order valence-electron chi connectivity index (χ3n) is 5.53. The van der Waals surface area contributed by atoms with Gasteiger partial charge in [0.1, 0.15) is 16.9 Å². The zero-order chi connectivity index (χ0) is 21.1. The highest BCUT2D eigenvalue weighted by atomic mass is 16.4. The van der Waals surface area contributed by atoms with Crippen molar-refractivity contribution in [1.29, 1.82) is 0 Å². The maximum absolute atomic E-state index is 11.1. The molecule has 0 bridgehead atoms. The maximum atomic E-state index is 11.1. The molecule has 30 heavy (non-hydrogen) atoms. The molecule has 0 aliphatic carbocycles. The molecule has 0 radical (unpaired) electrons. The van der Waals surface area contributed by atoms with Gasteiger partial charge in [0.15, 0.2) is 0 Å². The molecule has 1 atom stereocenters. The Balaban J connectivity index is 1.75. The van der Waals surface area contributed by atoms with Gasteiger partial charge in [-0.2, -0.15) is 0 Å². The number of phenols is 1. The monoisotopic (exact) mass is 404 g/mol. The molecule has 0 amide bonds. The summed E-state index contributed by atoms with van der Waals surface area (Å²) in [6.07, 6.45) is 1.23. The molecule has 3 aromatic carbocycles. The first-order chi connectivity index (χ1) is 14.5. The van der Waals surface area contributed by atoms with Crippen LogP contribution in [0.15, 0.2) is 65.1 Å². The summed E-state index contributed by atoms with van der Waals surface area (Å²) in [4.78, 5) is 10.9. The van der Waals surface area contributed by atoms with E-state index in [4.69, 9.17) is 9.52 Å². The first kappa shape index (κ1) is 20.0. The second-order valence-electron chi connectivity index (χ2n) is 7.54. The molecule has 1 aromatic heterocycles. The summed E-state index contributed by atoms with van der Waals surface area (Å²) in [7, 11) is 0. The number of carboxylic acids is 1. The van der Waals surface area contributed by atoms with Crippen LogP contribution in [0, 0.1) is 0 Å². The predicted molar refractivity (Wildman–Crippen MR) is 116 cm³/mol. The summed E-state index contributed by atoms with van der Waals surface area (Å²) in [5.41, 5.74) is 4.07. The number of rotatable bonds is 8. The lowest BCUT2D eigenvalue weighted by Crippen LogP contribution is -2.06. The van der Waals surface area contributed by atoms with Crippen molar-refractivity contribution >= 4 is 27.9 Å². The van der Waals surface area contributed by atoms with Crippen LogP contribution in [0.1, 0.15) is 42.1 Å². The summed E-state index contributed by atoms with van der Waals surface area (Å²) < 4.78 is 5.98. The normalized spacial score (nSPS) is 12.4. The Morgan fingerprint density at radius 2 is 1.63 bits per heavy atom. The Morgan fingerprint density at radius 1 is 0.900 bits per heavy atom. The molecule has 154 valence electrons. The minimum absolute atomic E-state index is 0.0202. The molecule has 1 unspecified atom stereocenters. The van der Waals surface area contributed by atoms with Crippen LogP contribution in [0.4, 0.5) is 0 Å². The molecule has 0 fully saturated rings. The van der Waals surface area contributed by atoms with Crippen LogP contribution in [-0.4, -0.2) is 21.3 Å². The number of carbonyl (C=O) groups is 1. The number of aliphatic hydroxyl groups excluding tert-OH is 1. The van der Waals surface area contributed by atoms with Crippen molar-refractivity contribution in [2.24, 2.45) is 0 Å². The number of para-hydroxylation sites is 2. The second kappa shape index (κ2) is 8.59. The highest BCUT2D eigenvalue weighted by molar-refractivity contribution is 6.07. The van der Waals surface area contributed by atoms with Gasteiger partial charge in [0.05, 0.1) is 6.10 Å². The summed E-state index contributed by atoms with van der Waals surface area (Å²) in [5.74, 6) is -0.607. The zero-order valence-electron chi connectivity index (χ0n) is 16.5. The number of aliphatic carboxylic acids is 1. The van der Waals surface area contributed by atoms with Crippen molar-refractivity contribution in [3.05, 3.63) is 77.4 Å². The third kappa shape index (κ3) is 4.02. The Hall–Kier alpha value is -3.31. The molecule has 4 aromatic rings. The van der Waals surface area contributed by atoms with Gasteiger partial charge < -0.3 is 19.7 Å². The predicted octanol–water partition coefficient (Wildman–Crippen LogP) is 5.37. The third-order valence-corrected chi connectivity index (χ3v) is 5.53. The first-order valence-electron chi connectivity index (χ1n) is 10.1. The molecular formula is C25H24O5. The molecule has 0 saturated heterocycles. The molecule has 0 aliphatic heterocycles. The van der Waals surface area contributed by atoms with Crippen LogP contribution < -0.4 is 0 Å². The molecule has 0 spiro atoms. The van der Waals surface area contributed by atoms with E-state index in [1.807, 2.05) is 48.5 Å². The Bertz CT molecular complexity index is 1190. The zero-order valence-corrected chi connectivity index (χ0v) is 16.5. The Labute approximate surface area is 174 Å². The maximum Gasteiger partial charge on any atom is 0.303 e. The largest absolute Gasteiger partial charge is 0.508 e. The number of hydrogen-bond donors (Lipinski definition) is 3. The minimum atomic E-state index is -0.867. The quantitative estimate of drug-likeness (QED) is 0.367. The van der Waals surface area contributed by atoms with E-state index < -0.39 is 12.1 Å². The van der Waals surface area contributed by atoms with Gasteiger partial charge in [0.2, 0.25) is 0 Å². The van der Waals surface area contributed by atoms with E-state index in [0.717, 1.165) is 33.0 Å². The van der Waals surface area contributed by atoms with Crippen LogP contribution in [0.2, 0.25) is 0 Å². The highest BCUT2D eigenvalue weighted by Crippen LogP contribution is 2.38. The number of aryl methyl sites for hydroxylation is 2. The van der Waals surface area contributed by atoms with Gasteiger partial charge >= 0.3 is 5.97 Å². The van der Waals surface area contributed by atoms with Gasteiger partial charge in [0.25, 0.3) is 0 Å². The van der Waals surface area contributed by atoms with Gasteiger partial charge in [-0.15, -0.1) is 0 Å². The summed E-state index contributed by atoms with van der Waals surface area (Å²) in [6.45, 7) is 0. The van der Waals surface area contributed by atoms with Crippen molar-refractivity contribution in [2.75, 3.05) is 0 Å². The van der Waals surface area contributed by atoms with Gasteiger partial charge in [0, 0.05) is 17.2 Å². The van der Waals surface area contributed by atoms with E-state index in [-0.39, 0.29) is 12.2 Å². The molecule has 0 saturated carbocycles. The number of hydrogen-bond acceptors (Lipinski definition) is 4. The lowest BCUT2D eigenvalue weighted by atomic mass is 9.90. The van der Waals surface area contributed by atoms with Gasteiger partial charge in [-0.05, 0) is 60.6 Å². The van der Waals surface area contributed by atoms with E-state index in [0.29, 0.717) is 31.3 Å². The number of fused-ring (bicyclic) bond motifs is 3. The van der Waals surface area contributed by atoms with E-state index in [2.05, 4.69) is 0 Å². The van der Waals surface area contributed by atoms with E-state index in [9.17, 15) is 15.0 Å². The van der Waals surface area contributed by atoms with Gasteiger partial charge in [-0.3, -0.25) is 4.79 Å². The fourth-order valence-corrected chi connectivity index (χ4v) is 4.07. The molecule has 0 aliphatic rings. The molecule has 4 rings (SSSR count). The first-order valence-corrected chi connectivity index (χ1v) is 10.1. The van der Waals surface area contributed by atoms with Crippen LogP contribution in [-0.2, 0) is 17.6 Å². The lowest BCUT2D eigenvalue weighted by molar-refractivity contribution is -0.137. The minimum Gasteiger partial charge on any atom is -0.508 e. The van der Waals surface area contributed by atoms with Crippen LogP contribution in [0.25, 0.3) is 21.9 Å². The van der Waals surface area contributed by atoms with Crippen molar-refractivity contribution < 1.29 is 24.5 Å². The highest BCUT2D eigenvalue weighted by Gasteiger charge is 2.21. The standard InChI is InChI=1S/C25H24O5/c26-19-8-3-1-6-16(19)12-13-17-14-15-22-25(18-7-2-4-10-21(18)30-22)24(17)20(27)9-5-11-23(28)29/h1-4,6-8,10,14-15,20,26-27H,5,9,11-13H2,(H,28,29). The molecule has 3 N–H and O–H groups in total. The lowest BCUT2D eigenvalue weighted by Gasteiger charge is -2.17. The van der Waals surface area contributed by atoms with E-state index in [1.165, 1.54) is 0 Å². The molecule has 5 heteroatoms. The summed E-state index contributed by atoms with van der Waals surface area (Å²) >= 11 is 0. The number of furan rings is 1. The Morgan fingerprint density at radius 3 is 2.43 bits per heavy atom. The van der Waals surface area contributed by atoms with Crippen LogP contribution in [0.5, 0.6) is 5.75 Å². The number of benzene rings is 3. The number of phenolic OH excluding ortho intramolecular Hbond substituents is 1. The van der Waals surface area contributed by atoms with E-state index in [1.54, 1.807) is 12.1 Å². The fourth-order valence-electron chi connectivity index (χ4n) is 4.07. The van der Waals surface area contributed by atoms with Crippen molar-refractivity contribution in [2.45, 2.75) is 38.2 Å². The SMILES string of the molecule is O=C(O)CCCC(O)c1c(CCc2ccccc2O)ccc2oc3ccccc3c12. The van der Waals surface area contributed by atoms with Crippen molar-refractivity contribution in [3.8, 4) is 5.75 Å². The van der Waals surface area contributed by atoms with Crippen molar-refractivity contribution in [1.82, 2.24) is 0 Å². The summed E-state index contributed by atoms with van der Waals surface area (Å²) in [6, 6.07) is 18.8. The Kier molecular flexibility index (Phi) is 5.72.